The predicted molar refractivity (Wildman–Crippen MR) is 75.1 cm³/mol. The molecule has 0 amide bonds. The van der Waals surface area contributed by atoms with Crippen LogP contribution in [0.5, 0.6) is 11.5 Å². The highest BCUT2D eigenvalue weighted by Crippen LogP contribution is 2.35. The third-order valence-electron chi connectivity index (χ3n) is 2.99. The van der Waals surface area contributed by atoms with E-state index in [9.17, 15) is 5.11 Å². The second-order valence-electron chi connectivity index (χ2n) is 4.82. The first-order valence-electron chi connectivity index (χ1n) is 6.08. The van der Waals surface area contributed by atoms with Crippen molar-refractivity contribution in [2.75, 3.05) is 20.8 Å². The zero-order valence-corrected chi connectivity index (χ0v) is 12.6. The summed E-state index contributed by atoms with van der Waals surface area (Å²) in [5.41, 5.74) is 0.360. The maximum Gasteiger partial charge on any atom is 0.166 e. The largest absolute Gasteiger partial charge is 0.493 e. The van der Waals surface area contributed by atoms with E-state index in [1.54, 1.807) is 26.4 Å². The third-order valence-corrected chi connectivity index (χ3v) is 3.21. The van der Waals surface area contributed by atoms with Gasteiger partial charge in [-0.05, 0) is 19.9 Å². The van der Waals surface area contributed by atoms with Crippen LogP contribution in [0.1, 0.15) is 25.8 Å². The Bertz CT molecular complexity index is 393. The zero-order chi connectivity index (χ0) is 14.5. The number of ether oxygens (including phenoxy) is 3. The summed E-state index contributed by atoms with van der Waals surface area (Å²) in [5, 5.41) is 9.85. The molecule has 1 aromatic carbocycles. The van der Waals surface area contributed by atoms with Crippen LogP contribution in [0.3, 0.4) is 0 Å². The minimum absolute atomic E-state index is 0.153. The summed E-state index contributed by atoms with van der Waals surface area (Å²) >= 11 is 5.94. The minimum Gasteiger partial charge on any atom is -0.493 e. The Labute approximate surface area is 119 Å². The van der Waals surface area contributed by atoms with Crippen LogP contribution in [0.25, 0.3) is 0 Å². The molecule has 108 valence electrons. The average molecular weight is 289 g/mol. The molecule has 0 saturated heterocycles. The van der Waals surface area contributed by atoms with Crippen molar-refractivity contribution in [1.82, 2.24) is 0 Å². The fourth-order valence-corrected chi connectivity index (χ4v) is 1.79. The van der Waals surface area contributed by atoms with Gasteiger partial charge < -0.3 is 19.3 Å². The summed E-state index contributed by atoms with van der Waals surface area (Å²) in [6, 6.07) is 3.33. The van der Waals surface area contributed by atoms with Crippen molar-refractivity contribution in [3.63, 3.8) is 0 Å². The molecule has 1 aromatic rings. The Balaban J connectivity index is 2.82. The highest BCUT2D eigenvalue weighted by molar-refractivity contribution is 6.30. The number of halogens is 1. The summed E-state index contributed by atoms with van der Waals surface area (Å²) < 4.78 is 16.3. The minimum atomic E-state index is -0.251. The zero-order valence-electron chi connectivity index (χ0n) is 11.8. The normalized spacial score (nSPS) is 11.5. The van der Waals surface area contributed by atoms with Crippen molar-refractivity contribution in [2.24, 2.45) is 0 Å². The van der Waals surface area contributed by atoms with Gasteiger partial charge in [-0.15, -0.1) is 0 Å². The van der Waals surface area contributed by atoms with Crippen molar-refractivity contribution in [3.8, 4) is 11.5 Å². The first-order chi connectivity index (χ1) is 8.93. The van der Waals surface area contributed by atoms with Crippen molar-refractivity contribution in [2.45, 2.75) is 32.5 Å². The first-order valence-corrected chi connectivity index (χ1v) is 6.46. The number of aliphatic hydroxyl groups is 1. The quantitative estimate of drug-likeness (QED) is 0.838. The summed E-state index contributed by atoms with van der Waals surface area (Å²) in [7, 11) is 3.21. The van der Waals surface area contributed by atoms with E-state index in [0.29, 0.717) is 28.7 Å². The van der Waals surface area contributed by atoms with Gasteiger partial charge in [0.15, 0.2) is 11.5 Å². The van der Waals surface area contributed by atoms with Gasteiger partial charge in [-0.1, -0.05) is 11.6 Å². The van der Waals surface area contributed by atoms with Crippen molar-refractivity contribution in [1.29, 1.82) is 0 Å². The standard InChI is InChI=1S/C14H21ClO4/c1-14(2,18-4)5-6-19-13-10(9-16)7-11(15)8-12(13)17-3/h7-8,16H,5-6,9H2,1-4H3. The van der Waals surface area contributed by atoms with E-state index in [-0.39, 0.29) is 12.2 Å². The molecule has 0 spiro atoms. The Morgan fingerprint density at radius 1 is 1.26 bits per heavy atom. The maximum absolute atomic E-state index is 9.35. The van der Waals surface area contributed by atoms with E-state index < -0.39 is 0 Å². The number of methoxy groups -OCH3 is 2. The predicted octanol–water partition coefficient (Wildman–Crippen LogP) is 3.03. The van der Waals surface area contributed by atoms with Crippen LogP contribution in [0, 0.1) is 0 Å². The van der Waals surface area contributed by atoms with E-state index in [1.165, 1.54) is 0 Å². The second kappa shape index (κ2) is 6.98. The lowest BCUT2D eigenvalue weighted by atomic mass is 10.1. The summed E-state index contributed by atoms with van der Waals surface area (Å²) in [4.78, 5) is 0. The Morgan fingerprint density at radius 2 is 1.95 bits per heavy atom. The number of rotatable bonds is 7. The van der Waals surface area contributed by atoms with E-state index in [4.69, 9.17) is 25.8 Å². The van der Waals surface area contributed by atoms with Crippen molar-refractivity contribution in [3.05, 3.63) is 22.7 Å². The average Bonchev–Trinajstić information content (AvgIpc) is 2.39. The molecule has 0 saturated carbocycles. The van der Waals surface area contributed by atoms with Crippen LogP contribution < -0.4 is 9.47 Å². The van der Waals surface area contributed by atoms with Crippen LogP contribution in [-0.4, -0.2) is 31.5 Å². The monoisotopic (exact) mass is 288 g/mol. The van der Waals surface area contributed by atoms with Crippen molar-refractivity contribution >= 4 is 11.6 Å². The van der Waals surface area contributed by atoms with Gasteiger partial charge >= 0.3 is 0 Å². The molecule has 4 nitrogen and oxygen atoms in total. The maximum atomic E-state index is 9.35. The van der Waals surface area contributed by atoms with Crippen LogP contribution in [0.2, 0.25) is 5.02 Å². The summed E-state index contributed by atoms with van der Waals surface area (Å²) in [6.07, 6.45) is 0.722. The van der Waals surface area contributed by atoms with E-state index >= 15 is 0 Å². The van der Waals surface area contributed by atoms with Gasteiger partial charge in [0.2, 0.25) is 0 Å². The number of benzene rings is 1. The molecular weight excluding hydrogens is 268 g/mol. The lowest BCUT2D eigenvalue weighted by Crippen LogP contribution is -2.25. The van der Waals surface area contributed by atoms with Crippen LogP contribution >= 0.6 is 11.6 Å². The number of aliphatic hydroxyl groups excluding tert-OH is 1. The van der Waals surface area contributed by atoms with Crippen LogP contribution in [-0.2, 0) is 11.3 Å². The molecule has 0 unspecified atom stereocenters. The Morgan fingerprint density at radius 3 is 2.47 bits per heavy atom. The fourth-order valence-electron chi connectivity index (χ4n) is 1.56. The molecule has 0 aromatic heterocycles. The topological polar surface area (TPSA) is 47.9 Å². The van der Waals surface area contributed by atoms with Gasteiger partial charge in [-0.25, -0.2) is 0 Å². The highest BCUT2D eigenvalue weighted by Gasteiger charge is 2.18. The Hall–Kier alpha value is -0.970. The van der Waals surface area contributed by atoms with E-state index in [2.05, 4.69) is 0 Å². The molecule has 0 heterocycles. The fraction of sp³-hybridized carbons (Fsp3) is 0.571. The molecule has 0 aliphatic carbocycles. The SMILES string of the molecule is COc1cc(Cl)cc(CO)c1OCCC(C)(C)OC. The van der Waals surface area contributed by atoms with E-state index in [1.807, 2.05) is 13.8 Å². The van der Waals surface area contributed by atoms with Crippen LogP contribution in [0.4, 0.5) is 0 Å². The molecule has 0 fully saturated rings. The Kier molecular flexibility index (Phi) is 5.91. The van der Waals surface area contributed by atoms with Gasteiger partial charge in [-0.2, -0.15) is 0 Å². The van der Waals surface area contributed by atoms with Gasteiger partial charge in [0.25, 0.3) is 0 Å². The van der Waals surface area contributed by atoms with Crippen molar-refractivity contribution < 1.29 is 19.3 Å². The molecule has 1 rings (SSSR count). The van der Waals surface area contributed by atoms with Gasteiger partial charge in [0.1, 0.15) is 0 Å². The lowest BCUT2D eigenvalue weighted by Gasteiger charge is -2.23. The molecule has 1 N–H and O–H groups in total. The molecule has 0 aliphatic heterocycles. The van der Waals surface area contributed by atoms with Crippen LogP contribution in [0.15, 0.2) is 12.1 Å². The van der Waals surface area contributed by atoms with Gasteiger partial charge in [0, 0.05) is 30.2 Å². The molecule has 0 aliphatic rings. The third kappa shape index (κ3) is 4.56. The number of hydrogen-bond acceptors (Lipinski definition) is 4. The molecule has 0 atom stereocenters. The lowest BCUT2D eigenvalue weighted by molar-refractivity contribution is 0.00509. The summed E-state index contributed by atoms with van der Waals surface area (Å²) in [6.45, 7) is 4.29. The molecular formula is C14H21ClO4. The molecule has 19 heavy (non-hydrogen) atoms. The molecule has 0 bridgehead atoms. The van der Waals surface area contributed by atoms with Gasteiger partial charge in [0.05, 0.1) is 25.9 Å². The smallest absolute Gasteiger partial charge is 0.166 e. The van der Waals surface area contributed by atoms with Gasteiger partial charge in [-0.3, -0.25) is 0 Å². The van der Waals surface area contributed by atoms with E-state index in [0.717, 1.165) is 6.42 Å². The highest BCUT2D eigenvalue weighted by atomic mass is 35.5. The molecule has 0 radical (unpaired) electrons. The first kappa shape index (κ1) is 16.1. The molecule has 5 heteroatoms. The number of hydrogen-bond donors (Lipinski definition) is 1. The summed E-state index contributed by atoms with van der Waals surface area (Å²) in [5.74, 6) is 1.05. The second-order valence-corrected chi connectivity index (χ2v) is 5.25.